The van der Waals surface area contributed by atoms with Gasteiger partial charge in [0.1, 0.15) is 0 Å². The molecule has 1 aromatic heterocycles. The Morgan fingerprint density at radius 1 is 0.972 bits per heavy atom. The Kier molecular flexibility index (Phi) is 6.98. The molecule has 1 fully saturated rings. The van der Waals surface area contributed by atoms with E-state index >= 15 is 0 Å². The molecule has 3 aromatic carbocycles. The summed E-state index contributed by atoms with van der Waals surface area (Å²) < 4.78 is 2.25. The van der Waals surface area contributed by atoms with Gasteiger partial charge in [0.2, 0.25) is 0 Å². The second-order valence-electron chi connectivity index (χ2n) is 8.74. The van der Waals surface area contributed by atoms with E-state index in [4.69, 9.17) is 28.2 Å². The number of hydrogen-bond donors (Lipinski definition) is 0. The van der Waals surface area contributed by atoms with Gasteiger partial charge < -0.3 is 4.57 Å². The van der Waals surface area contributed by atoms with Crippen molar-refractivity contribution in [2.75, 3.05) is 6.54 Å². The first-order valence-corrected chi connectivity index (χ1v) is 13.3. The maximum Gasteiger partial charge on any atom is 0.266 e. The van der Waals surface area contributed by atoms with Crippen LogP contribution in [0.4, 0.5) is 5.69 Å². The van der Waals surface area contributed by atoms with Gasteiger partial charge in [-0.3, -0.25) is 9.69 Å². The molecule has 182 valence electrons. The molecule has 7 heteroatoms. The van der Waals surface area contributed by atoms with E-state index in [2.05, 4.69) is 23.6 Å². The zero-order valence-electron chi connectivity index (χ0n) is 20.3. The van der Waals surface area contributed by atoms with Gasteiger partial charge in [-0.1, -0.05) is 65.2 Å². The molecule has 0 aliphatic carbocycles. The largest absolute Gasteiger partial charge is 0.340 e. The Morgan fingerprint density at radius 3 is 2.44 bits per heavy atom. The number of rotatable bonds is 5. The third-order valence-corrected chi connectivity index (χ3v) is 8.09. The second kappa shape index (κ2) is 10.2. The zero-order chi connectivity index (χ0) is 25.4. The molecule has 1 amide bonds. The summed E-state index contributed by atoms with van der Waals surface area (Å²) in [4.78, 5) is 20.5. The predicted molar refractivity (Wildman–Crippen MR) is 153 cm³/mol. The van der Waals surface area contributed by atoms with Gasteiger partial charge in [-0.15, -0.1) is 0 Å². The molecular weight excluding hydrogens is 509 g/mol. The number of carbonyl (C=O) groups excluding carboxylic acids is 1. The maximum absolute atomic E-state index is 13.3. The fourth-order valence-corrected chi connectivity index (χ4v) is 5.76. The summed E-state index contributed by atoms with van der Waals surface area (Å²) in [6.07, 6.45) is 2.01. The van der Waals surface area contributed by atoms with Gasteiger partial charge >= 0.3 is 0 Å². The number of aliphatic imine (C=N–C) groups is 1. The van der Waals surface area contributed by atoms with Crippen molar-refractivity contribution in [3.63, 3.8) is 0 Å². The number of thioether (sulfide) groups is 1. The number of fused-ring (bicyclic) bond motifs is 1. The third-order valence-electron chi connectivity index (χ3n) is 6.34. The topological polar surface area (TPSA) is 37.6 Å². The van der Waals surface area contributed by atoms with Crippen LogP contribution in [-0.2, 0) is 11.3 Å². The van der Waals surface area contributed by atoms with Crippen LogP contribution in [0.5, 0.6) is 0 Å². The maximum atomic E-state index is 13.3. The summed E-state index contributed by atoms with van der Waals surface area (Å²) in [6, 6.07) is 22.0. The Bertz CT molecular complexity index is 1540. The van der Waals surface area contributed by atoms with Crippen molar-refractivity contribution in [1.82, 2.24) is 9.47 Å². The summed E-state index contributed by atoms with van der Waals surface area (Å²) in [6.45, 7) is 7.32. The van der Waals surface area contributed by atoms with Gasteiger partial charge in [-0.05, 0) is 74.5 Å². The zero-order valence-corrected chi connectivity index (χ0v) is 22.6. The summed E-state index contributed by atoms with van der Waals surface area (Å²) in [5, 5.41) is 2.89. The Balaban J connectivity index is 1.55. The van der Waals surface area contributed by atoms with Crippen molar-refractivity contribution < 1.29 is 4.79 Å². The second-order valence-corrected chi connectivity index (χ2v) is 10.6. The normalized spacial score (nSPS) is 16.1. The Labute approximate surface area is 225 Å². The van der Waals surface area contributed by atoms with Crippen LogP contribution in [0.2, 0.25) is 10.0 Å². The quantitative estimate of drug-likeness (QED) is 0.242. The van der Waals surface area contributed by atoms with Crippen LogP contribution in [0.25, 0.3) is 17.0 Å². The molecule has 0 radical (unpaired) electrons. The van der Waals surface area contributed by atoms with Crippen molar-refractivity contribution in [2.45, 2.75) is 27.3 Å². The fourth-order valence-electron chi connectivity index (χ4n) is 4.40. The van der Waals surface area contributed by atoms with E-state index in [-0.39, 0.29) is 5.91 Å². The van der Waals surface area contributed by atoms with E-state index in [1.54, 1.807) is 4.90 Å². The molecule has 4 aromatic rings. The van der Waals surface area contributed by atoms with E-state index < -0.39 is 0 Å². The number of benzene rings is 3. The molecule has 5 rings (SSSR count). The fraction of sp³-hybridized carbons (Fsp3) is 0.172. The van der Waals surface area contributed by atoms with Gasteiger partial charge in [0.15, 0.2) is 5.17 Å². The molecule has 1 aliphatic rings. The number of hydrogen-bond acceptors (Lipinski definition) is 3. The number of likely N-dealkylation sites (N-methyl/N-ethyl adjacent to an activating group) is 1. The summed E-state index contributed by atoms with van der Waals surface area (Å²) in [5.41, 5.74) is 6.29. The lowest BCUT2D eigenvalue weighted by atomic mass is 10.1. The number of para-hydroxylation sites is 1. The molecule has 0 unspecified atom stereocenters. The van der Waals surface area contributed by atoms with Crippen molar-refractivity contribution in [2.24, 2.45) is 4.99 Å². The Hall–Kier alpha value is -2.99. The molecule has 0 saturated carbocycles. The van der Waals surface area contributed by atoms with Gasteiger partial charge in [-0.2, -0.15) is 0 Å². The van der Waals surface area contributed by atoms with Crippen LogP contribution in [0.1, 0.15) is 29.3 Å². The lowest BCUT2D eigenvalue weighted by molar-refractivity contribution is -0.122. The minimum atomic E-state index is -0.0194. The van der Waals surface area contributed by atoms with Crippen LogP contribution >= 0.6 is 35.0 Å². The molecule has 0 spiro atoms. The minimum Gasteiger partial charge on any atom is -0.340 e. The van der Waals surface area contributed by atoms with E-state index in [9.17, 15) is 4.79 Å². The smallest absolute Gasteiger partial charge is 0.266 e. The number of halogens is 2. The number of carbonyl (C=O) groups is 1. The molecule has 2 heterocycles. The van der Waals surface area contributed by atoms with Gasteiger partial charge in [0.05, 0.1) is 20.6 Å². The van der Waals surface area contributed by atoms with E-state index in [1.165, 1.54) is 17.3 Å². The number of amidine groups is 1. The van der Waals surface area contributed by atoms with Crippen LogP contribution < -0.4 is 0 Å². The third kappa shape index (κ3) is 4.71. The number of nitrogens with zero attached hydrogens (tertiary/aromatic N) is 3. The molecule has 0 N–H and O–H groups in total. The standard InChI is InChI=1S/C29H25Cl2N3OS/c1-4-33-28(35)27(36-29(33)32-21-12-9-18(2)10-13-21)16-23-19(3)34(26-8-6-5-7-22(23)26)17-20-11-14-24(30)25(31)15-20/h5-16H,4,17H2,1-3H3/b27-16+,32-29?. The average Bonchev–Trinajstić information content (AvgIpc) is 3.31. The highest BCUT2D eigenvalue weighted by Gasteiger charge is 2.32. The highest BCUT2D eigenvalue weighted by atomic mass is 35.5. The summed E-state index contributed by atoms with van der Waals surface area (Å²) >= 11 is 13.8. The van der Waals surface area contributed by atoms with E-state index in [0.29, 0.717) is 33.2 Å². The van der Waals surface area contributed by atoms with Gasteiger partial charge in [0.25, 0.3) is 5.91 Å². The van der Waals surface area contributed by atoms with Gasteiger partial charge in [0, 0.05) is 35.2 Å². The van der Waals surface area contributed by atoms with E-state index in [1.807, 2.05) is 74.5 Å². The first kappa shape index (κ1) is 24.7. The lowest BCUT2D eigenvalue weighted by Gasteiger charge is -2.12. The predicted octanol–water partition coefficient (Wildman–Crippen LogP) is 8.24. The Morgan fingerprint density at radius 2 is 1.72 bits per heavy atom. The first-order chi connectivity index (χ1) is 17.4. The molecule has 36 heavy (non-hydrogen) atoms. The van der Waals surface area contributed by atoms with Crippen molar-refractivity contribution in [1.29, 1.82) is 0 Å². The number of amides is 1. The molecule has 1 aliphatic heterocycles. The number of aryl methyl sites for hydroxylation is 1. The highest BCUT2D eigenvalue weighted by Crippen LogP contribution is 2.37. The highest BCUT2D eigenvalue weighted by molar-refractivity contribution is 8.18. The lowest BCUT2D eigenvalue weighted by Crippen LogP contribution is -2.28. The van der Waals surface area contributed by atoms with Crippen LogP contribution in [0, 0.1) is 13.8 Å². The van der Waals surface area contributed by atoms with Crippen molar-refractivity contribution in [3.05, 3.63) is 104 Å². The summed E-state index contributed by atoms with van der Waals surface area (Å²) in [5.74, 6) is -0.0194. The minimum absolute atomic E-state index is 0.0194. The van der Waals surface area contributed by atoms with Gasteiger partial charge in [-0.25, -0.2) is 4.99 Å². The number of aromatic nitrogens is 1. The van der Waals surface area contributed by atoms with Crippen LogP contribution in [-0.4, -0.2) is 27.1 Å². The SMILES string of the molecule is CCN1C(=O)/C(=C\c2c(C)n(Cc3ccc(Cl)c(Cl)c3)c3ccccc23)SC1=Nc1ccc(C)cc1. The van der Waals surface area contributed by atoms with Crippen LogP contribution in [0.15, 0.2) is 76.6 Å². The molecule has 1 saturated heterocycles. The average molecular weight is 535 g/mol. The summed E-state index contributed by atoms with van der Waals surface area (Å²) in [7, 11) is 0. The van der Waals surface area contributed by atoms with E-state index in [0.717, 1.165) is 33.4 Å². The molecule has 4 nitrogen and oxygen atoms in total. The molecule has 0 bridgehead atoms. The van der Waals surface area contributed by atoms with Crippen LogP contribution in [0.3, 0.4) is 0 Å². The first-order valence-electron chi connectivity index (χ1n) is 11.7. The van der Waals surface area contributed by atoms with Crippen molar-refractivity contribution in [3.8, 4) is 0 Å². The molecule has 0 atom stereocenters. The van der Waals surface area contributed by atoms with Crippen molar-refractivity contribution >= 4 is 68.7 Å². The monoisotopic (exact) mass is 533 g/mol. The molecular formula is C29H25Cl2N3OS.